The first-order valence-corrected chi connectivity index (χ1v) is 32.0. The molecule has 4 aromatic rings. The van der Waals surface area contributed by atoms with Gasteiger partial charge in [0.2, 0.25) is 0 Å². The van der Waals surface area contributed by atoms with Gasteiger partial charge < -0.3 is 48.0 Å². The van der Waals surface area contributed by atoms with Crippen LogP contribution in [0.5, 0.6) is 0 Å². The van der Waals surface area contributed by atoms with Crippen molar-refractivity contribution < 1.29 is 66.8 Å². The van der Waals surface area contributed by atoms with E-state index in [4.69, 9.17) is 28.4 Å². The lowest BCUT2D eigenvalue weighted by Crippen LogP contribution is -2.55. The van der Waals surface area contributed by atoms with E-state index in [9.17, 15) is 28.8 Å². The van der Waals surface area contributed by atoms with E-state index >= 15 is 9.59 Å². The Morgan fingerprint density at radius 3 is 0.989 bits per heavy atom. The number of amides is 4. The number of likely N-dealkylation sites (N-methyl/N-ethyl adjacent to an activating group) is 4. The van der Waals surface area contributed by atoms with Crippen LogP contribution in [0.3, 0.4) is 0 Å². The van der Waals surface area contributed by atoms with Gasteiger partial charge in [-0.2, -0.15) is 10.2 Å². The Bertz CT molecular complexity index is 2850. The maximum Gasteiger partial charge on any atom is 0.329 e. The van der Waals surface area contributed by atoms with Crippen molar-refractivity contribution in [2.24, 2.45) is 23.7 Å². The van der Waals surface area contributed by atoms with Gasteiger partial charge in [0, 0.05) is 66.6 Å². The molecule has 22 heteroatoms. The summed E-state index contributed by atoms with van der Waals surface area (Å²) in [7, 11) is 5.60. The van der Waals surface area contributed by atoms with Crippen LogP contribution in [-0.2, 0) is 92.7 Å². The number of hydrogen-bond acceptors (Lipinski definition) is 16. The smallest absolute Gasteiger partial charge is 0.329 e. The predicted molar refractivity (Wildman–Crippen MR) is 334 cm³/mol. The van der Waals surface area contributed by atoms with E-state index in [-0.39, 0.29) is 74.4 Å². The fourth-order valence-electron chi connectivity index (χ4n) is 11.9. The molecule has 0 N–H and O–H groups in total. The Morgan fingerprint density at radius 1 is 0.411 bits per heavy atom. The van der Waals surface area contributed by atoms with E-state index in [1.54, 1.807) is 12.4 Å². The van der Waals surface area contributed by atoms with E-state index in [0.29, 0.717) is 37.4 Å². The zero-order valence-electron chi connectivity index (χ0n) is 55.2. The third-order valence-corrected chi connectivity index (χ3v) is 17.0. The van der Waals surface area contributed by atoms with Crippen molar-refractivity contribution in [3.8, 4) is 0 Å². The third-order valence-electron chi connectivity index (χ3n) is 17.0. The topological polar surface area (TPSA) is 241 Å². The van der Waals surface area contributed by atoms with Crippen molar-refractivity contribution in [3.05, 3.63) is 107 Å². The number of rotatable bonds is 18. The Labute approximate surface area is 530 Å². The SMILES string of the molecule is CC(C)CC1C(=O)O[C@H](C)C(=O)N(C)[C@@H](CC(C)C)C(=O)O[C@H](Cc2ccc(Cn3nccc3C3CCCO3)cc2)C(=O)N(C)[C@@H](CC(C)C)C(=O)O[C@H](C)C(=O)N(C)[C@@H](CC(C)C)C(=O)O[C@H](Cc2ccc(Cn3nccc3C3CCCO3)cc2)C(=O)N1C. The van der Waals surface area contributed by atoms with Crippen LogP contribution in [0.4, 0.5) is 0 Å². The summed E-state index contributed by atoms with van der Waals surface area (Å²) in [5.74, 6) is -7.49. The quantitative estimate of drug-likeness (QED) is 0.0680. The average molecular weight is 1250 g/mol. The second-order valence-corrected chi connectivity index (χ2v) is 26.3. The van der Waals surface area contributed by atoms with Crippen LogP contribution < -0.4 is 0 Å². The maximum atomic E-state index is 15.2. The second kappa shape index (κ2) is 32.0. The molecular weight excluding hydrogens is 1150 g/mol. The largest absolute Gasteiger partial charge is 0.451 e. The van der Waals surface area contributed by atoms with Crippen LogP contribution in [0.1, 0.15) is 166 Å². The zero-order chi connectivity index (χ0) is 65.7. The summed E-state index contributed by atoms with van der Waals surface area (Å²) in [5, 5.41) is 9.10. The van der Waals surface area contributed by atoms with Gasteiger partial charge in [-0.3, -0.25) is 28.5 Å². The lowest BCUT2D eigenvalue weighted by molar-refractivity contribution is -0.176. The van der Waals surface area contributed by atoms with Crippen molar-refractivity contribution in [2.75, 3.05) is 41.4 Å². The van der Waals surface area contributed by atoms with Crippen molar-refractivity contribution in [3.63, 3.8) is 0 Å². The molecule has 0 spiro atoms. The second-order valence-electron chi connectivity index (χ2n) is 26.3. The van der Waals surface area contributed by atoms with Crippen LogP contribution in [-0.4, -0.2) is 177 Å². The van der Waals surface area contributed by atoms with Crippen molar-refractivity contribution in [1.29, 1.82) is 0 Å². The zero-order valence-corrected chi connectivity index (χ0v) is 55.2. The summed E-state index contributed by atoms with van der Waals surface area (Å²) in [6.07, 6.45) is 1.04. The number of cyclic esters (lactones) is 4. The Morgan fingerprint density at radius 2 is 0.700 bits per heavy atom. The number of aromatic nitrogens is 4. The van der Waals surface area contributed by atoms with Crippen LogP contribution in [0, 0.1) is 23.7 Å². The van der Waals surface area contributed by atoms with E-state index in [2.05, 4.69) is 10.2 Å². The monoisotopic (exact) mass is 1250 g/mol. The summed E-state index contributed by atoms with van der Waals surface area (Å²) in [5.41, 5.74) is 4.98. The molecule has 10 atom stereocenters. The molecule has 3 saturated heterocycles. The van der Waals surface area contributed by atoms with Crippen LogP contribution in [0.25, 0.3) is 0 Å². The molecule has 90 heavy (non-hydrogen) atoms. The molecule has 22 nitrogen and oxygen atoms in total. The van der Waals surface area contributed by atoms with Gasteiger partial charge in [-0.05, 0) is 123 Å². The minimum absolute atomic E-state index is 0.0473. The lowest BCUT2D eigenvalue weighted by atomic mass is 9.99. The molecule has 0 radical (unpaired) electrons. The van der Waals surface area contributed by atoms with E-state index in [0.717, 1.165) is 58.0 Å². The number of ether oxygens (including phenoxy) is 6. The Hall–Kier alpha value is -7.46. The molecule has 3 aliphatic heterocycles. The summed E-state index contributed by atoms with van der Waals surface area (Å²) in [6.45, 7) is 19.9. The molecule has 0 aliphatic carbocycles. The molecule has 4 amide bonds. The van der Waals surface area contributed by atoms with Crippen LogP contribution in [0.15, 0.2) is 73.1 Å². The van der Waals surface area contributed by atoms with E-state index in [1.807, 2.05) is 125 Å². The van der Waals surface area contributed by atoms with E-state index < -0.39 is 96.1 Å². The molecule has 3 unspecified atom stereocenters. The minimum atomic E-state index is -1.55. The van der Waals surface area contributed by atoms with E-state index in [1.165, 1.54) is 51.8 Å². The third kappa shape index (κ3) is 18.4. The summed E-state index contributed by atoms with van der Waals surface area (Å²) < 4.78 is 40.1. The van der Waals surface area contributed by atoms with Crippen molar-refractivity contribution >= 4 is 47.5 Å². The molecule has 2 aromatic carbocycles. The van der Waals surface area contributed by atoms with Crippen molar-refractivity contribution in [2.45, 2.75) is 207 Å². The first-order chi connectivity index (χ1) is 42.7. The van der Waals surface area contributed by atoms with Gasteiger partial charge in [0.1, 0.15) is 24.2 Å². The number of esters is 4. The normalized spacial score (nSPS) is 25.4. The molecule has 3 fully saturated rings. The number of hydrogen-bond donors (Lipinski definition) is 0. The van der Waals surface area contributed by atoms with Gasteiger partial charge in [-0.15, -0.1) is 0 Å². The highest BCUT2D eigenvalue weighted by Crippen LogP contribution is 2.31. The average Bonchev–Trinajstić information content (AvgIpc) is 1.75. The fraction of sp³-hybridized carbons (Fsp3) is 0.618. The van der Waals surface area contributed by atoms with Gasteiger partial charge in [-0.25, -0.2) is 19.2 Å². The molecule has 5 heterocycles. The number of carbonyl (C=O) groups excluding carboxylic acids is 8. The summed E-state index contributed by atoms with van der Waals surface area (Å²) >= 11 is 0. The number of benzene rings is 2. The number of carbonyl (C=O) groups is 8. The summed E-state index contributed by atoms with van der Waals surface area (Å²) in [6, 6.07) is 13.6. The highest BCUT2D eigenvalue weighted by Gasteiger charge is 2.43. The minimum Gasteiger partial charge on any atom is -0.451 e. The fourth-order valence-corrected chi connectivity index (χ4v) is 11.9. The lowest BCUT2D eigenvalue weighted by Gasteiger charge is -2.35. The van der Waals surface area contributed by atoms with Crippen molar-refractivity contribution in [1.82, 2.24) is 39.2 Å². The maximum absolute atomic E-state index is 15.2. The van der Waals surface area contributed by atoms with Gasteiger partial charge in [0.15, 0.2) is 24.4 Å². The Kier molecular flexibility index (Phi) is 24.9. The molecule has 0 saturated carbocycles. The predicted octanol–water partition coefficient (Wildman–Crippen LogP) is 7.86. The molecule has 7 rings (SSSR count). The van der Waals surface area contributed by atoms with Crippen LogP contribution in [0.2, 0.25) is 0 Å². The standard InChI is InChI=1S/C68H96N8O14/c1-41(2)33-53-65(81)87-45(9)61(77)71(11)56(36-44(7)8)68(84)90-60(38-48-21-25-50(26-22-48)40-76-52(28-30-70-76)58-18-16-32-86-58)64(80)74(14)54(34-42(3)4)66(82)88-46(10)62(78)72(12)55(35-43(5)6)67(83)89-59(63(79)73(53)13)37-47-19-23-49(24-20-47)39-75-51(27-29-69-75)57-17-15-31-85-57/h19-30,41-46,53-60H,15-18,31-40H2,1-14H3/t45-,46-,53+,54?,55+,56+,57?,58?,59-,60-/m1/s1. The highest BCUT2D eigenvalue weighted by atomic mass is 16.6. The van der Waals surface area contributed by atoms with Crippen LogP contribution >= 0.6 is 0 Å². The van der Waals surface area contributed by atoms with Gasteiger partial charge in [0.25, 0.3) is 23.6 Å². The molecule has 0 bridgehead atoms. The Balaban J connectivity index is 1.23. The first-order valence-electron chi connectivity index (χ1n) is 32.0. The van der Waals surface area contributed by atoms with Gasteiger partial charge in [-0.1, -0.05) is 104 Å². The molecule has 2 aromatic heterocycles. The van der Waals surface area contributed by atoms with Gasteiger partial charge in [0.05, 0.1) is 36.7 Å². The first kappa shape index (κ1) is 70.0. The molecule has 3 aliphatic rings. The highest BCUT2D eigenvalue weighted by molar-refractivity contribution is 5.94. The number of nitrogens with zero attached hydrogens (tertiary/aromatic N) is 8. The van der Waals surface area contributed by atoms with Gasteiger partial charge >= 0.3 is 23.9 Å². The molecule has 492 valence electrons. The summed E-state index contributed by atoms with van der Waals surface area (Å²) in [4.78, 5) is 123. The molecular formula is C68H96N8O14.